The standard InChI is InChI=1S/C17H23N3O3/c1-11(2)10-15-18-16(23-19-15)14-6-4-5-8-20(14)17(21)13-7-9-22-12(13)3/h7,9,11,14H,4-6,8,10H2,1-3H3. The summed E-state index contributed by atoms with van der Waals surface area (Å²) in [5.41, 5.74) is 0.610. The van der Waals surface area contributed by atoms with E-state index in [0.29, 0.717) is 35.5 Å². The highest BCUT2D eigenvalue weighted by Crippen LogP contribution is 2.32. The van der Waals surface area contributed by atoms with Gasteiger partial charge in [0, 0.05) is 13.0 Å². The van der Waals surface area contributed by atoms with Crippen LogP contribution in [0, 0.1) is 12.8 Å². The molecule has 3 rings (SSSR count). The van der Waals surface area contributed by atoms with Gasteiger partial charge in [-0.3, -0.25) is 4.79 Å². The molecule has 1 unspecified atom stereocenters. The molecule has 23 heavy (non-hydrogen) atoms. The van der Waals surface area contributed by atoms with Gasteiger partial charge in [0.1, 0.15) is 11.8 Å². The van der Waals surface area contributed by atoms with Crippen LogP contribution in [0.15, 0.2) is 21.3 Å². The van der Waals surface area contributed by atoms with Crippen molar-refractivity contribution in [1.29, 1.82) is 0 Å². The first-order valence-electron chi connectivity index (χ1n) is 8.23. The van der Waals surface area contributed by atoms with Gasteiger partial charge in [-0.25, -0.2) is 0 Å². The Morgan fingerprint density at radius 3 is 2.96 bits per heavy atom. The lowest BCUT2D eigenvalue weighted by atomic mass is 10.0. The van der Waals surface area contributed by atoms with Crippen molar-refractivity contribution in [3.05, 3.63) is 35.4 Å². The number of rotatable bonds is 4. The zero-order chi connectivity index (χ0) is 16.4. The van der Waals surface area contributed by atoms with Crippen LogP contribution < -0.4 is 0 Å². The van der Waals surface area contributed by atoms with Crippen LogP contribution >= 0.6 is 0 Å². The molecule has 1 atom stereocenters. The minimum absolute atomic E-state index is 0.0236. The van der Waals surface area contributed by atoms with E-state index in [9.17, 15) is 4.79 Å². The third kappa shape index (κ3) is 3.30. The lowest BCUT2D eigenvalue weighted by molar-refractivity contribution is 0.0559. The van der Waals surface area contributed by atoms with Crippen LogP contribution in [0.3, 0.4) is 0 Å². The summed E-state index contributed by atoms with van der Waals surface area (Å²) in [6.07, 6.45) is 5.23. The van der Waals surface area contributed by atoms with Crippen LogP contribution in [0.5, 0.6) is 0 Å². The molecule has 1 saturated heterocycles. The van der Waals surface area contributed by atoms with E-state index >= 15 is 0 Å². The topological polar surface area (TPSA) is 72.4 Å². The maximum Gasteiger partial charge on any atom is 0.258 e. The van der Waals surface area contributed by atoms with Crippen LogP contribution in [0.1, 0.15) is 67.0 Å². The Hall–Kier alpha value is -2.11. The molecule has 6 nitrogen and oxygen atoms in total. The number of hydrogen-bond donors (Lipinski definition) is 0. The molecule has 1 fully saturated rings. The number of piperidine rings is 1. The SMILES string of the molecule is Cc1occc1C(=O)N1CCCCC1c1nc(CC(C)C)no1. The second-order valence-corrected chi connectivity index (χ2v) is 6.55. The minimum atomic E-state index is -0.140. The fourth-order valence-electron chi connectivity index (χ4n) is 3.04. The van der Waals surface area contributed by atoms with Crippen LogP contribution in [0.4, 0.5) is 0 Å². The molecule has 3 heterocycles. The molecule has 0 N–H and O–H groups in total. The molecule has 0 saturated carbocycles. The molecule has 0 bridgehead atoms. The fourth-order valence-corrected chi connectivity index (χ4v) is 3.04. The Morgan fingerprint density at radius 2 is 2.26 bits per heavy atom. The summed E-state index contributed by atoms with van der Waals surface area (Å²) in [5, 5.41) is 4.06. The number of amides is 1. The van der Waals surface area contributed by atoms with Gasteiger partial charge < -0.3 is 13.8 Å². The lowest BCUT2D eigenvalue weighted by Crippen LogP contribution is -2.38. The molecule has 0 aliphatic carbocycles. The van der Waals surface area contributed by atoms with E-state index in [1.165, 1.54) is 0 Å². The van der Waals surface area contributed by atoms with E-state index in [-0.39, 0.29) is 11.9 Å². The highest BCUT2D eigenvalue weighted by atomic mass is 16.5. The average molecular weight is 317 g/mol. The Kier molecular flexibility index (Phi) is 4.50. The van der Waals surface area contributed by atoms with Crippen molar-refractivity contribution < 1.29 is 13.7 Å². The Labute approximate surface area is 135 Å². The van der Waals surface area contributed by atoms with Crippen molar-refractivity contribution in [3.8, 4) is 0 Å². The van der Waals surface area contributed by atoms with Crippen LogP contribution in [0.25, 0.3) is 0 Å². The Balaban J connectivity index is 1.83. The molecular weight excluding hydrogens is 294 g/mol. The number of carbonyl (C=O) groups excluding carboxylic acids is 1. The third-order valence-electron chi connectivity index (χ3n) is 4.21. The molecule has 124 valence electrons. The summed E-state index contributed by atoms with van der Waals surface area (Å²) < 4.78 is 10.7. The molecule has 0 radical (unpaired) electrons. The molecule has 1 aliphatic rings. The van der Waals surface area contributed by atoms with E-state index in [1.807, 2.05) is 4.90 Å². The van der Waals surface area contributed by atoms with Crippen molar-refractivity contribution in [2.45, 2.75) is 52.5 Å². The predicted octanol–water partition coefficient (Wildman–Crippen LogP) is 3.54. The number of aromatic nitrogens is 2. The van der Waals surface area contributed by atoms with Gasteiger partial charge in [-0.05, 0) is 38.2 Å². The Morgan fingerprint density at radius 1 is 1.43 bits per heavy atom. The summed E-state index contributed by atoms with van der Waals surface area (Å²) in [4.78, 5) is 19.2. The number of likely N-dealkylation sites (tertiary alicyclic amines) is 1. The quantitative estimate of drug-likeness (QED) is 0.862. The van der Waals surface area contributed by atoms with E-state index in [4.69, 9.17) is 8.94 Å². The van der Waals surface area contributed by atoms with Gasteiger partial charge in [0.2, 0.25) is 5.89 Å². The summed E-state index contributed by atoms with van der Waals surface area (Å²) >= 11 is 0. The zero-order valence-corrected chi connectivity index (χ0v) is 13.9. The van der Waals surface area contributed by atoms with Gasteiger partial charge >= 0.3 is 0 Å². The molecule has 6 heteroatoms. The van der Waals surface area contributed by atoms with Gasteiger partial charge in [-0.2, -0.15) is 4.98 Å². The molecule has 0 spiro atoms. The first kappa shape index (κ1) is 15.8. The maximum absolute atomic E-state index is 12.8. The summed E-state index contributed by atoms with van der Waals surface area (Å²) in [7, 11) is 0. The molecular formula is C17H23N3O3. The normalized spacial score (nSPS) is 18.6. The van der Waals surface area contributed by atoms with Gasteiger partial charge in [-0.1, -0.05) is 19.0 Å². The first-order chi connectivity index (χ1) is 11.1. The van der Waals surface area contributed by atoms with E-state index < -0.39 is 0 Å². The predicted molar refractivity (Wildman–Crippen MR) is 83.9 cm³/mol. The van der Waals surface area contributed by atoms with Crippen molar-refractivity contribution >= 4 is 5.91 Å². The van der Waals surface area contributed by atoms with Crippen molar-refractivity contribution in [2.75, 3.05) is 6.54 Å². The first-order valence-corrected chi connectivity index (χ1v) is 8.23. The second kappa shape index (κ2) is 6.56. The summed E-state index contributed by atoms with van der Waals surface area (Å²) in [6, 6.07) is 1.58. The number of carbonyl (C=O) groups is 1. The lowest BCUT2D eigenvalue weighted by Gasteiger charge is -2.33. The second-order valence-electron chi connectivity index (χ2n) is 6.55. The van der Waals surface area contributed by atoms with E-state index in [2.05, 4.69) is 24.0 Å². The molecule has 1 amide bonds. The molecule has 2 aromatic heterocycles. The highest BCUT2D eigenvalue weighted by molar-refractivity contribution is 5.95. The van der Waals surface area contributed by atoms with Crippen LogP contribution in [0.2, 0.25) is 0 Å². The highest BCUT2D eigenvalue weighted by Gasteiger charge is 2.33. The Bertz CT molecular complexity index is 674. The fraction of sp³-hybridized carbons (Fsp3) is 0.588. The van der Waals surface area contributed by atoms with Crippen molar-refractivity contribution in [3.63, 3.8) is 0 Å². The van der Waals surface area contributed by atoms with Gasteiger partial charge in [0.15, 0.2) is 5.82 Å². The van der Waals surface area contributed by atoms with Crippen molar-refractivity contribution in [2.24, 2.45) is 5.92 Å². The monoisotopic (exact) mass is 317 g/mol. The van der Waals surface area contributed by atoms with Gasteiger partial charge in [0.05, 0.1) is 11.8 Å². The summed E-state index contributed by atoms with van der Waals surface area (Å²) in [6.45, 7) is 6.75. The number of hydrogen-bond acceptors (Lipinski definition) is 5. The average Bonchev–Trinajstić information content (AvgIpc) is 3.15. The summed E-state index contributed by atoms with van der Waals surface area (Å²) in [5.74, 6) is 2.36. The number of aryl methyl sites for hydroxylation is 1. The third-order valence-corrected chi connectivity index (χ3v) is 4.21. The van der Waals surface area contributed by atoms with Crippen LogP contribution in [-0.4, -0.2) is 27.5 Å². The van der Waals surface area contributed by atoms with E-state index in [1.54, 1.807) is 19.3 Å². The smallest absolute Gasteiger partial charge is 0.258 e. The number of furan rings is 1. The van der Waals surface area contributed by atoms with E-state index in [0.717, 1.165) is 25.7 Å². The zero-order valence-electron chi connectivity index (χ0n) is 13.9. The van der Waals surface area contributed by atoms with Crippen molar-refractivity contribution in [1.82, 2.24) is 15.0 Å². The minimum Gasteiger partial charge on any atom is -0.469 e. The largest absolute Gasteiger partial charge is 0.469 e. The van der Waals surface area contributed by atoms with Crippen LogP contribution in [-0.2, 0) is 6.42 Å². The van der Waals surface area contributed by atoms with Gasteiger partial charge in [-0.15, -0.1) is 0 Å². The molecule has 1 aliphatic heterocycles. The van der Waals surface area contributed by atoms with Gasteiger partial charge in [0.25, 0.3) is 5.91 Å². The maximum atomic E-state index is 12.8. The number of nitrogens with zero attached hydrogens (tertiary/aromatic N) is 3. The molecule has 0 aromatic carbocycles. The molecule has 2 aromatic rings.